The van der Waals surface area contributed by atoms with Crippen molar-refractivity contribution in [1.29, 1.82) is 0 Å². The Bertz CT molecular complexity index is 154. The van der Waals surface area contributed by atoms with Crippen LogP contribution in [0.3, 0.4) is 0 Å². The van der Waals surface area contributed by atoms with Crippen LogP contribution in [0.5, 0.6) is 0 Å². The largest absolute Gasteiger partial charge is 0.480 e. The summed E-state index contributed by atoms with van der Waals surface area (Å²) in [5, 5.41) is 11.5. The van der Waals surface area contributed by atoms with Crippen molar-refractivity contribution in [2.24, 2.45) is 0 Å². The molecule has 0 aromatic rings. The molecule has 70 valence electrons. The van der Waals surface area contributed by atoms with Gasteiger partial charge in [-0.25, -0.2) is 0 Å². The van der Waals surface area contributed by atoms with Crippen molar-refractivity contribution in [2.45, 2.75) is 38.5 Å². The van der Waals surface area contributed by atoms with Gasteiger partial charge in [0.15, 0.2) is 0 Å². The minimum atomic E-state index is -0.829. The van der Waals surface area contributed by atoms with Crippen LogP contribution in [0.15, 0.2) is 0 Å². The molecule has 1 aliphatic rings. The maximum absolute atomic E-state index is 10.5. The lowest BCUT2D eigenvalue weighted by atomic mass is 10.2. The predicted octanol–water partition coefficient (Wildman–Crippen LogP) is 0.576. The summed E-state index contributed by atoms with van der Waals surface area (Å²) in [4.78, 5) is 10.5. The summed E-state index contributed by atoms with van der Waals surface area (Å²) < 4.78 is 5.32. The Labute approximate surface area is 71.9 Å². The fraction of sp³-hybridized carbons (Fsp3) is 0.875. The lowest BCUT2D eigenvalue weighted by Crippen LogP contribution is -2.44. The molecule has 1 saturated heterocycles. The van der Waals surface area contributed by atoms with E-state index in [1.54, 1.807) is 6.92 Å². The number of ether oxygens (including phenoxy) is 1. The second-order valence-corrected chi connectivity index (χ2v) is 3.08. The molecule has 1 rings (SSSR count). The van der Waals surface area contributed by atoms with Gasteiger partial charge in [-0.2, -0.15) is 0 Å². The molecule has 4 nitrogen and oxygen atoms in total. The first kappa shape index (κ1) is 9.48. The van der Waals surface area contributed by atoms with Crippen molar-refractivity contribution in [1.82, 2.24) is 5.32 Å². The third kappa shape index (κ3) is 2.79. The number of carboxylic acid groups (broad SMARTS) is 1. The number of nitrogens with one attached hydrogen (secondary N) is 1. The highest BCUT2D eigenvalue weighted by molar-refractivity contribution is 5.72. The van der Waals surface area contributed by atoms with Gasteiger partial charge in [0, 0.05) is 6.61 Å². The molecule has 0 aliphatic carbocycles. The highest BCUT2D eigenvalue weighted by Gasteiger charge is 2.18. The van der Waals surface area contributed by atoms with Gasteiger partial charge < -0.3 is 9.84 Å². The van der Waals surface area contributed by atoms with E-state index in [2.05, 4.69) is 5.32 Å². The van der Waals surface area contributed by atoms with Crippen molar-refractivity contribution >= 4 is 5.97 Å². The Balaban J connectivity index is 2.24. The summed E-state index contributed by atoms with van der Waals surface area (Å²) in [6.45, 7) is 2.37. The molecule has 4 heteroatoms. The van der Waals surface area contributed by atoms with Gasteiger partial charge in [0.25, 0.3) is 0 Å². The second-order valence-electron chi connectivity index (χ2n) is 3.08. The van der Waals surface area contributed by atoms with Crippen molar-refractivity contribution in [3.8, 4) is 0 Å². The van der Waals surface area contributed by atoms with Gasteiger partial charge in [-0.3, -0.25) is 10.1 Å². The quantitative estimate of drug-likeness (QED) is 0.655. The van der Waals surface area contributed by atoms with Crippen LogP contribution in [0.1, 0.15) is 26.2 Å². The summed E-state index contributed by atoms with van der Waals surface area (Å²) in [5.41, 5.74) is 0. The van der Waals surface area contributed by atoms with Crippen molar-refractivity contribution in [3.63, 3.8) is 0 Å². The Morgan fingerprint density at radius 1 is 1.67 bits per heavy atom. The molecular formula is C8H15NO3. The van der Waals surface area contributed by atoms with Crippen LogP contribution in [0.4, 0.5) is 0 Å². The SMILES string of the molecule is C[C@H](NC1CCCCO1)C(=O)O. The zero-order valence-corrected chi connectivity index (χ0v) is 7.25. The molecule has 0 amide bonds. The molecule has 0 bridgehead atoms. The van der Waals surface area contributed by atoms with Crippen LogP contribution >= 0.6 is 0 Å². The molecule has 0 saturated carbocycles. The molecular weight excluding hydrogens is 158 g/mol. The first-order valence-electron chi connectivity index (χ1n) is 4.30. The van der Waals surface area contributed by atoms with Gasteiger partial charge in [0.05, 0.1) is 0 Å². The number of hydrogen-bond donors (Lipinski definition) is 2. The fourth-order valence-electron chi connectivity index (χ4n) is 1.22. The minimum absolute atomic E-state index is 0.0650. The summed E-state index contributed by atoms with van der Waals surface area (Å²) >= 11 is 0. The van der Waals surface area contributed by atoms with Crippen LogP contribution in [-0.2, 0) is 9.53 Å². The van der Waals surface area contributed by atoms with Gasteiger partial charge >= 0.3 is 5.97 Å². The Hall–Kier alpha value is -0.610. The number of carbonyl (C=O) groups is 1. The number of rotatable bonds is 3. The van der Waals surface area contributed by atoms with E-state index in [4.69, 9.17) is 9.84 Å². The standard InChI is InChI=1S/C8H15NO3/c1-6(8(10)11)9-7-4-2-3-5-12-7/h6-7,9H,2-5H2,1H3,(H,10,11)/t6-,7?/m0/s1. The maximum Gasteiger partial charge on any atom is 0.320 e. The Morgan fingerprint density at radius 3 is 2.92 bits per heavy atom. The van der Waals surface area contributed by atoms with Gasteiger partial charge in [0.1, 0.15) is 12.3 Å². The van der Waals surface area contributed by atoms with Crippen LogP contribution in [-0.4, -0.2) is 30.0 Å². The van der Waals surface area contributed by atoms with E-state index in [-0.39, 0.29) is 6.23 Å². The summed E-state index contributed by atoms with van der Waals surface area (Å²) in [5.74, 6) is -0.829. The molecule has 0 spiro atoms. The maximum atomic E-state index is 10.5. The molecule has 2 atom stereocenters. The monoisotopic (exact) mass is 173 g/mol. The Morgan fingerprint density at radius 2 is 2.42 bits per heavy atom. The van der Waals surface area contributed by atoms with Gasteiger partial charge in [-0.15, -0.1) is 0 Å². The van der Waals surface area contributed by atoms with E-state index in [0.717, 1.165) is 25.9 Å². The van der Waals surface area contributed by atoms with E-state index >= 15 is 0 Å². The van der Waals surface area contributed by atoms with Crippen molar-refractivity contribution < 1.29 is 14.6 Å². The molecule has 0 aromatic heterocycles. The van der Waals surface area contributed by atoms with Crippen LogP contribution < -0.4 is 5.32 Å². The molecule has 1 heterocycles. The fourth-order valence-corrected chi connectivity index (χ4v) is 1.22. The highest BCUT2D eigenvalue weighted by atomic mass is 16.5. The smallest absolute Gasteiger partial charge is 0.320 e. The van der Waals surface area contributed by atoms with Crippen LogP contribution in [0.2, 0.25) is 0 Å². The van der Waals surface area contributed by atoms with E-state index in [1.165, 1.54) is 0 Å². The molecule has 12 heavy (non-hydrogen) atoms. The number of aliphatic carboxylic acids is 1. The molecule has 1 unspecified atom stereocenters. The van der Waals surface area contributed by atoms with Gasteiger partial charge in [-0.05, 0) is 26.2 Å². The van der Waals surface area contributed by atoms with Gasteiger partial charge in [-0.1, -0.05) is 0 Å². The minimum Gasteiger partial charge on any atom is -0.480 e. The van der Waals surface area contributed by atoms with Crippen molar-refractivity contribution in [3.05, 3.63) is 0 Å². The van der Waals surface area contributed by atoms with E-state index < -0.39 is 12.0 Å². The summed E-state index contributed by atoms with van der Waals surface area (Å²) in [7, 11) is 0. The zero-order chi connectivity index (χ0) is 8.97. The second kappa shape index (κ2) is 4.42. The van der Waals surface area contributed by atoms with Crippen molar-refractivity contribution in [2.75, 3.05) is 6.61 Å². The lowest BCUT2D eigenvalue weighted by molar-refractivity contribution is -0.140. The zero-order valence-electron chi connectivity index (χ0n) is 7.25. The summed E-state index contributed by atoms with van der Waals surface area (Å²) in [6, 6.07) is -0.520. The molecule has 2 N–H and O–H groups in total. The predicted molar refractivity (Wildman–Crippen MR) is 43.8 cm³/mol. The normalized spacial score (nSPS) is 26.6. The molecule has 0 aromatic carbocycles. The van der Waals surface area contributed by atoms with E-state index in [1.807, 2.05) is 0 Å². The number of hydrogen-bond acceptors (Lipinski definition) is 3. The first-order chi connectivity index (χ1) is 5.70. The Kier molecular flexibility index (Phi) is 3.49. The van der Waals surface area contributed by atoms with Gasteiger partial charge in [0.2, 0.25) is 0 Å². The van der Waals surface area contributed by atoms with E-state index in [0.29, 0.717) is 0 Å². The third-order valence-corrected chi connectivity index (χ3v) is 1.99. The number of carboxylic acids is 1. The first-order valence-corrected chi connectivity index (χ1v) is 4.30. The average Bonchev–Trinajstić information content (AvgIpc) is 2.06. The summed E-state index contributed by atoms with van der Waals surface area (Å²) in [6.07, 6.45) is 3.05. The van der Waals surface area contributed by atoms with E-state index in [9.17, 15) is 4.79 Å². The lowest BCUT2D eigenvalue weighted by Gasteiger charge is -2.25. The third-order valence-electron chi connectivity index (χ3n) is 1.99. The molecule has 1 aliphatic heterocycles. The topological polar surface area (TPSA) is 58.6 Å². The molecule has 1 fully saturated rings. The average molecular weight is 173 g/mol. The molecule has 0 radical (unpaired) electrons. The van der Waals surface area contributed by atoms with Crippen LogP contribution in [0.25, 0.3) is 0 Å². The highest BCUT2D eigenvalue weighted by Crippen LogP contribution is 2.10. The van der Waals surface area contributed by atoms with Crippen LogP contribution in [0, 0.1) is 0 Å².